The Morgan fingerprint density at radius 2 is 2.25 bits per heavy atom. The molecule has 5 heteroatoms. The van der Waals surface area contributed by atoms with Gasteiger partial charge in [-0.3, -0.25) is 4.79 Å². The van der Waals surface area contributed by atoms with Gasteiger partial charge in [-0.15, -0.1) is 0 Å². The van der Waals surface area contributed by atoms with Crippen molar-refractivity contribution in [3.63, 3.8) is 0 Å². The highest BCUT2D eigenvalue weighted by atomic mass is 35.5. The molecule has 0 fully saturated rings. The Balaban J connectivity index is 2.54. The summed E-state index contributed by atoms with van der Waals surface area (Å²) in [6.07, 6.45) is -0.862. The van der Waals surface area contributed by atoms with Crippen LogP contribution in [0, 0.1) is 11.3 Å². The Morgan fingerprint density at radius 3 is 2.88 bits per heavy atom. The minimum absolute atomic E-state index is 0.0111. The van der Waals surface area contributed by atoms with Gasteiger partial charge in [0.25, 0.3) is 5.91 Å². The van der Waals surface area contributed by atoms with Crippen LogP contribution in [-0.2, 0) is 0 Å². The molecule has 0 spiro atoms. The second kappa shape index (κ2) is 6.11. The van der Waals surface area contributed by atoms with Gasteiger partial charge in [-0.2, -0.15) is 5.26 Å². The number of carbonyl (C=O) groups is 1. The summed E-state index contributed by atoms with van der Waals surface area (Å²) in [7, 11) is 0. The van der Waals surface area contributed by atoms with Crippen LogP contribution in [0.3, 0.4) is 0 Å². The highest BCUT2D eigenvalue weighted by Crippen LogP contribution is 2.14. The van der Waals surface area contributed by atoms with Gasteiger partial charge in [-0.25, -0.2) is 0 Å². The number of nitriles is 1. The number of hydrogen-bond donors (Lipinski definition) is 2. The summed E-state index contributed by atoms with van der Waals surface area (Å²) in [5.74, 6) is -0.359. The maximum absolute atomic E-state index is 11.6. The highest BCUT2D eigenvalue weighted by Gasteiger charge is 2.10. The SMILES string of the molecule is N#CC[C@@H](O)CNC(=O)c1ccccc1Cl. The Bertz CT molecular complexity index is 415. The van der Waals surface area contributed by atoms with E-state index in [0.29, 0.717) is 10.6 Å². The fraction of sp³-hybridized carbons (Fsp3) is 0.273. The van der Waals surface area contributed by atoms with E-state index in [9.17, 15) is 9.90 Å². The number of hydrogen-bond acceptors (Lipinski definition) is 3. The quantitative estimate of drug-likeness (QED) is 0.832. The summed E-state index contributed by atoms with van der Waals surface area (Å²) in [5, 5.41) is 20.4. The molecule has 1 amide bonds. The number of amides is 1. The molecule has 0 bridgehead atoms. The zero-order valence-corrected chi connectivity index (χ0v) is 9.24. The van der Waals surface area contributed by atoms with Crippen molar-refractivity contribution in [1.29, 1.82) is 5.26 Å². The molecule has 16 heavy (non-hydrogen) atoms. The monoisotopic (exact) mass is 238 g/mol. The molecule has 0 aliphatic rings. The molecule has 1 atom stereocenters. The number of benzene rings is 1. The van der Waals surface area contributed by atoms with E-state index in [2.05, 4.69) is 5.32 Å². The number of carbonyl (C=O) groups excluding carboxylic acids is 1. The van der Waals surface area contributed by atoms with E-state index in [1.54, 1.807) is 24.3 Å². The van der Waals surface area contributed by atoms with Crippen LogP contribution in [0.4, 0.5) is 0 Å². The van der Waals surface area contributed by atoms with Gasteiger partial charge in [-0.05, 0) is 12.1 Å². The van der Waals surface area contributed by atoms with Gasteiger partial charge in [0.2, 0.25) is 0 Å². The van der Waals surface area contributed by atoms with Gasteiger partial charge < -0.3 is 10.4 Å². The molecule has 0 radical (unpaired) electrons. The van der Waals surface area contributed by atoms with E-state index in [4.69, 9.17) is 16.9 Å². The van der Waals surface area contributed by atoms with Gasteiger partial charge in [0.1, 0.15) is 0 Å². The van der Waals surface area contributed by atoms with E-state index < -0.39 is 6.10 Å². The largest absolute Gasteiger partial charge is 0.390 e. The molecule has 0 saturated heterocycles. The number of nitrogens with zero attached hydrogens (tertiary/aromatic N) is 1. The molecule has 0 aliphatic heterocycles. The zero-order chi connectivity index (χ0) is 12.0. The van der Waals surface area contributed by atoms with Crippen molar-refractivity contribution in [2.75, 3.05) is 6.54 Å². The van der Waals surface area contributed by atoms with Crippen LogP contribution in [0.25, 0.3) is 0 Å². The van der Waals surface area contributed by atoms with Crippen LogP contribution in [0.2, 0.25) is 5.02 Å². The fourth-order valence-corrected chi connectivity index (χ4v) is 1.35. The maximum atomic E-state index is 11.6. The van der Waals surface area contributed by atoms with Crippen LogP contribution in [-0.4, -0.2) is 23.7 Å². The van der Waals surface area contributed by atoms with Crippen molar-refractivity contribution in [2.24, 2.45) is 0 Å². The third kappa shape index (κ3) is 3.54. The van der Waals surface area contributed by atoms with Crippen LogP contribution in [0.1, 0.15) is 16.8 Å². The summed E-state index contributed by atoms with van der Waals surface area (Å²) in [4.78, 5) is 11.6. The average molecular weight is 239 g/mol. The summed E-state index contributed by atoms with van der Waals surface area (Å²) in [5.41, 5.74) is 0.355. The molecule has 4 nitrogen and oxygen atoms in total. The van der Waals surface area contributed by atoms with Crippen molar-refractivity contribution < 1.29 is 9.90 Å². The Labute approximate surface area is 98.5 Å². The topological polar surface area (TPSA) is 73.1 Å². The van der Waals surface area contributed by atoms with E-state index >= 15 is 0 Å². The second-order valence-electron chi connectivity index (χ2n) is 3.21. The molecule has 0 aromatic heterocycles. The molecular weight excluding hydrogens is 228 g/mol. The zero-order valence-electron chi connectivity index (χ0n) is 8.48. The summed E-state index contributed by atoms with van der Waals surface area (Å²) < 4.78 is 0. The van der Waals surface area contributed by atoms with Crippen LogP contribution >= 0.6 is 11.6 Å². The third-order valence-electron chi connectivity index (χ3n) is 1.94. The normalized spacial score (nSPS) is 11.6. The standard InChI is InChI=1S/C11H11ClN2O2/c12-10-4-2-1-3-9(10)11(16)14-7-8(15)5-6-13/h1-4,8,15H,5,7H2,(H,14,16)/t8-/m1/s1. The maximum Gasteiger partial charge on any atom is 0.252 e. The first-order valence-corrected chi connectivity index (χ1v) is 5.10. The number of nitrogens with one attached hydrogen (secondary N) is 1. The molecule has 2 N–H and O–H groups in total. The molecule has 0 heterocycles. The molecule has 0 saturated carbocycles. The molecule has 1 aromatic carbocycles. The van der Waals surface area contributed by atoms with E-state index in [-0.39, 0.29) is 18.9 Å². The molecule has 1 rings (SSSR count). The first-order chi connectivity index (χ1) is 7.65. The minimum Gasteiger partial charge on any atom is -0.390 e. The second-order valence-corrected chi connectivity index (χ2v) is 3.61. The molecule has 0 unspecified atom stereocenters. The van der Waals surface area contributed by atoms with Crippen molar-refractivity contribution in [3.05, 3.63) is 34.9 Å². The predicted molar refractivity (Wildman–Crippen MR) is 60.0 cm³/mol. The van der Waals surface area contributed by atoms with Crippen molar-refractivity contribution in [1.82, 2.24) is 5.32 Å². The van der Waals surface area contributed by atoms with Crippen LogP contribution in [0.15, 0.2) is 24.3 Å². The first kappa shape index (κ1) is 12.5. The smallest absolute Gasteiger partial charge is 0.252 e. The van der Waals surface area contributed by atoms with Crippen molar-refractivity contribution in [3.8, 4) is 6.07 Å². The predicted octanol–water partition coefficient (Wildman–Crippen LogP) is 1.34. The van der Waals surface area contributed by atoms with E-state index in [1.807, 2.05) is 6.07 Å². The van der Waals surface area contributed by atoms with E-state index in [1.165, 1.54) is 0 Å². The average Bonchev–Trinajstić information content (AvgIpc) is 2.27. The van der Waals surface area contributed by atoms with Crippen molar-refractivity contribution >= 4 is 17.5 Å². The van der Waals surface area contributed by atoms with Gasteiger partial charge >= 0.3 is 0 Å². The minimum atomic E-state index is -0.851. The van der Waals surface area contributed by atoms with Gasteiger partial charge in [0.15, 0.2) is 0 Å². The first-order valence-electron chi connectivity index (χ1n) is 4.73. The van der Waals surface area contributed by atoms with Crippen molar-refractivity contribution in [2.45, 2.75) is 12.5 Å². The summed E-state index contributed by atoms with van der Waals surface area (Å²) >= 11 is 5.82. The molecule has 0 aliphatic carbocycles. The number of rotatable bonds is 4. The van der Waals surface area contributed by atoms with Gasteiger partial charge in [-0.1, -0.05) is 23.7 Å². The lowest BCUT2D eigenvalue weighted by Crippen LogP contribution is -2.32. The molecule has 84 valence electrons. The molecular formula is C11H11ClN2O2. The fourth-order valence-electron chi connectivity index (χ4n) is 1.13. The van der Waals surface area contributed by atoms with Crippen LogP contribution in [0.5, 0.6) is 0 Å². The van der Waals surface area contributed by atoms with Gasteiger partial charge in [0.05, 0.1) is 29.2 Å². The van der Waals surface area contributed by atoms with Crippen LogP contribution < -0.4 is 5.32 Å². The third-order valence-corrected chi connectivity index (χ3v) is 2.27. The summed E-state index contributed by atoms with van der Waals surface area (Å²) in [6, 6.07) is 8.45. The Hall–Kier alpha value is -1.57. The number of halogens is 1. The Morgan fingerprint density at radius 1 is 1.56 bits per heavy atom. The number of aliphatic hydroxyl groups excluding tert-OH is 1. The number of aliphatic hydroxyl groups is 1. The lowest BCUT2D eigenvalue weighted by atomic mass is 10.2. The van der Waals surface area contributed by atoms with Gasteiger partial charge in [0, 0.05) is 6.54 Å². The Kier molecular flexibility index (Phi) is 4.77. The highest BCUT2D eigenvalue weighted by molar-refractivity contribution is 6.33. The lowest BCUT2D eigenvalue weighted by Gasteiger charge is -2.09. The molecule has 1 aromatic rings. The summed E-state index contributed by atoms with van der Waals surface area (Å²) in [6.45, 7) is 0.0393. The van der Waals surface area contributed by atoms with E-state index in [0.717, 1.165) is 0 Å². The lowest BCUT2D eigenvalue weighted by molar-refractivity contribution is 0.0918.